The second kappa shape index (κ2) is 8.16. The van der Waals surface area contributed by atoms with Gasteiger partial charge < -0.3 is 15.1 Å². The number of aromatic nitrogens is 1. The molecule has 4 rings (SSSR count). The molecule has 0 aliphatic carbocycles. The molecule has 5 nitrogen and oxygen atoms in total. The van der Waals surface area contributed by atoms with Crippen LogP contribution in [0.25, 0.3) is 22.7 Å². The van der Waals surface area contributed by atoms with Gasteiger partial charge in [-0.1, -0.05) is 29.8 Å². The Morgan fingerprint density at radius 1 is 0.833 bits per heavy atom. The number of carbonyl (C=O) groups excluding carboxylic acids is 1. The highest BCUT2D eigenvalue weighted by atomic mass is 19.1. The zero-order chi connectivity index (χ0) is 21.1. The Bertz CT molecular complexity index is 1170. The van der Waals surface area contributed by atoms with Crippen LogP contribution in [0.4, 0.5) is 25.0 Å². The number of halogens is 2. The van der Waals surface area contributed by atoms with Crippen LogP contribution in [0.15, 0.2) is 77.4 Å². The molecule has 1 heterocycles. The minimum atomic E-state index is -0.773. The van der Waals surface area contributed by atoms with Crippen LogP contribution >= 0.6 is 0 Å². The van der Waals surface area contributed by atoms with Crippen LogP contribution in [-0.4, -0.2) is 11.0 Å². The molecule has 0 radical (unpaired) electrons. The van der Waals surface area contributed by atoms with E-state index in [9.17, 15) is 13.6 Å². The second-order valence-electron chi connectivity index (χ2n) is 6.72. The Morgan fingerprint density at radius 2 is 1.43 bits per heavy atom. The van der Waals surface area contributed by atoms with Crippen LogP contribution in [0.3, 0.4) is 0 Å². The average molecular weight is 405 g/mol. The van der Waals surface area contributed by atoms with Crippen molar-refractivity contribution < 1.29 is 18.0 Å². The summed E-state index contributed by atoms with van der Waals surface area (Å²) >= 11 is 0. The molecule has 150 valence electrons. The minimum absolute atomic E-state index is 0.0186. The third-order valence-electron chi connectivity index (χ3n) is 4.36. The molecule has 7 heteroatoms. The van der Waals surface area contributed by atoms with Gasteiger partial charge in [0, 0.05) is 28.6 Å². The molecule has 2 N–H and O–H groups in total. The Kier molecular flexibility index (Phi) is 5.26. The Labute approximate surface area is 171 Å². The number of amides is 2. The van der Waals surface area contributed by atoms with Gasteiger partial charge in [0.25, 0.3) is 0 Å². The fourth-order valence-corrected chi connectivity index (χ4v) is 2.88. The van der Waals surface area contributed by atoms with Gasteiger partial charge in [-0.05, 0) is 43.3 Å². The zero-order valence-electron chi connectivity index (χ0n) is 15.9. The van der Waals surface area contributed by atoms with Crippen molar-refractivity contribution in [3.63, 3.8) is 0 Å². The molecule has 0 unspecified atom stereocenters. The molecule has 4 aromatic rings. The number of hydrogen-bond donors (Lipinski definition) is 2. The van der Waals surface area contributed by atoms with Crippen LogP contribution in [0.2, 0.25) is 0 Å². The van der Waals surface area contributed by atoms with Crippen LogP contribution in [0.5, 0.6) is 0 Å². The van der Waals surface area contributed by atoms with Crippen molar-refractivity contribution in [1.82, 2.24) is 4.98 Å². The monoisotopic (exact) mass is 405 g/mol. The third kappa shape index (κ3) is 4.52. The van der Waals surface area contributed by atoms with Gasteiger partial charge in [0.15, 0.2) is 0 Å². The maximum absolute atomic E-state index is 13.2. The summed E-state index contributed by atoms with van der Waals surface area (Å²) in [6.07, 6.45) is 1.59. The van der Waals surface area contributed by atoms with E-state index < -0.39 is 17.7 Å². The number of rotatable bonds is 4. The first-order chi connectivity index (χ1) is 14.5. The van der Waals surface area contributed by atoms with E-state index in [0.29, 0.717) is 11.6 Å². The fourth-order valence-electron chi connectivity index (χ4n) is 2.88. The van der Waals surface area contributed by atoms with Crippen molar-refractivity contribution in [2.75, 3.05) is 10.6 Å². The second-order valence-corrected chi connectivity index (χ2v) is 6.72. The molecule has 0 spiro atoms. The normalized spacial score (nSPS) is 10.6. The van der Waals surface area contributed by atoms with Crippen LogP contribution in [0.1, 0.15) is 5.56 Å². The third-order valence-corrected chi connectivity index (χ3v) is 4.36. The lowest BCUT2D eigenvalue weighted by Gasteiger charge is -2.08. The number of hydrogen-bond acceptors (Lipinski definition) is 3. The summed E-state index contributed by atoms with van der Waals surface area (Å²) in [6, 6.07) is 17.0. The van der Waals surface area contributed by atoms with E-state index in [-0.39, 0.29) is 5.69 Å². The van der Waals surface area contributed by atoms with E-state index >= 15 is 0 Å². The summed E-state index contributed by atoms with van der Waals surface area (Å²) in [6.45, 7) is 2.02. The molecule has 3 aromatic carbocycles. The van der Waals surface area contributed by atoms with Gasteiger partial charge >= 0.3 is 6.03 Å². The smallest absolute Gasteiger partial charge is 0.323 e. The molecule has 2 amide bonds. The van der Waals surface area contributed by atoms with Crippen LogP contribution in [0, 0.1) is 18.6 Å². The van der Waals surface area contributed by atoms with Gasteiger partial charge in [-0.2, -0.15) is 0 Å². The number of carbonyl (C=O) groups is 1. The van der Waals surface area contributed by atoms with Gasteiger partial charge in [-0.3, -0.25) is 0 Å². The predicted molar refractivity (Wildman–Crippen MR) is 111 cm³/mol. The molecular weight excluding hydrogens is 388 g/mol. The van der Waals surface area contributed by atoms with E-state index in [0.717, 1.165) is 40.6 Å². The first-order valence-electron chi connectivity index (χ1n) is 9.13. The number of benzene rings is 3. The largest absolute Gasteiger partial charge is 0.444 e. The summed E-state index contributed by atoms with van der Waals surface area (Å²) in [5, 5.41) is 4.98. The van der Waals surface area contributed by atoms with Gasteiger partial charge in [0.2, 0.25) is 5.89 Å². The SMILES string of the molecule is Cc1ccc(-c2coc(-c3ccc(NC(=O)Nc4cc(F)cc(F)c4)cc3)n2)cc1. The topological polar surface area (TPSA) is 67.2 Å². The quantitative estimate of drug-likeness (QED) is 0.422. The molecular formula is C23H17F2N3O2. The predicted octanol–water partition coefficient (Wildman–Crippen LogP) is 6.24. The van der Waals surface area contributed by atoms with Crippen molar-refractivity contribution in [2.45, 2.75) is 6.92 Å². The van der Waals surface area contributed by atoms with Crippen molar-refractivity contribution in [3.8, 4) is 22.7 Å². The lowest BCUT2D eigenvalue weighted by Crippen LogP contribution is -2.19. The molecule has 0 bridgehead atoms. The molecule has 0 fully saturated rings. The highest BCUT2D eigenvalue weighted by Gasteiger charge is 2.10. The van der Waals surface area contributed by atoms with E-state index in [2.05, 4.69) is 15.6 Å². The Balaban J connectivity index is 1.43. The number of nitrogens with zero attached hydrogens (tertiary/aromatic N) is 1. The van der Waals surface area contributed by atoms with E-state index in [4.69, 9.17) is 4.42 Å². The van der Waals surface area contributed by atoms with Gasteiger partial charge in [-0.15, -0.1) is 0 Å². The van der Waals surface area contributed by atoms with Gasteiger partial charge in [0.05, 0.1) is 0 Å². The standard InChI is InChI=1S/C23H17F2N3O2/c1-14-2-4-15(5-3-14)21-13-30-22(28-21)16-6-8-19(9-7-16)26-23(29)27-20-11-17(24)10-18(25)12-20/h2-13H,1H3,(H2,26,27,29). The van der Waals surface area contributed by atoms with Gasteiger partial charge in [-0.25, -0.2) is 18.6 Å². The summed E-state index contributed by atoms with van der Waals surface area (Å²) in [7, 11) is 0. The van der Waals surface area contributed by atoms with Gasteiger partial charge in [0.1, 0.15) is 23.6 Å². The number of urea groups is 1. The average Bonchev–Trinajstić information content (AvgIpc) is 3.18. The summed E-state index contributed by atoms with van der Waals surface area (Å²) < 4.78 is 32.0. The number of aryl methyl sites for hydroxylation is 1. The van der Waals surface area contributed by atoms with Crippen LogP contribution < -0.4 is 10.6 Å². The van der Waals surface area contributed by atoms with E-state index in [1.165, 1.54) is 0 Å². The number of oxazole rings is 1. The lowest BCUT2D eigenvalue weighted by atomic mass is 10.1. The first-order valence-corrected chi connectivity index (χ1v) is 9.13. The number of anilines is 2. The van der Waals surface area contributed by atoms with E-state index in [1.807, 2.05) is 31.2 Å². The van der Waals surface area contributed by atoms with Crippen molar-refractivity contribution >= 4 is 17.4 Å². The minimum Gasteiger partial charge on any atom is -0.444 e. The fraction of sp³-hybridized carbons (Fsp3) is 0.0435. The lowest BCUT2D eigenvalue weighted by molar-refractivity contribution is 0.262. The molecule has 0 saturated carbocycles. The molecule has 30 heavy (non-hydrogen) atoms. The molecule has 0 aliphatic rings. The Hall–Kier alpha value is -4.00. The Morgan fingerprint density at radius 3 is 2.10 bits per heavy atom. The molecule has 1 aromatic heterocycles. The maximum atomic E-state index is 13.2. The van der Waals surface area contributed by atoms with Crippen molar-refractivity contribution in [2.24, 2.45) is 0 Å². The van der Waals surface area contributed by atoms with Crippen molar-refractivity contribution in [1.29, 1.82) is 0 Å². The summed E-state index contributed by atoms with van der Waals surface area (Å²) in [4.78, 5) is 16.6. The zero-order valence-corrected chi connectivity index (χ0v) is 15.9. The van der Waals surface area contributed by atoms with Crippen molar-refractivity contribution in [3.05, 3.63) is 90.2 Å². The van der Waals surface area contributed by atoms with E-state index in [1.54, 1.807) is 30.5 Å². The molecule has 0 atom stereocenters. The van der Waals surface area contributed by atoms with Crippen LogP contribution in [-0.2, 0) is 0 Å². The summed E-state index contributed by atoms with van der Waals surface area (Å²) in [5.74, 6) is -1.09. The highest BCUT2D eigenvalue weighted by Crippen LogP contribution is 2.26. The maximum Gasteiger partial charge on any atom is 0.323 e. The highest BCUT2D eigenvalue weighted by molar-refractivity contribution is 5.99. The first kappa shape index (κ1) is 19.3. The summed E-state index contributed by atoms with van der Waals surface area (Å²) in [5.41, 5.74) is 4.11. The molecule has 0 aliphatic heterocycles. The molecule has 0 saturated heterocycles. The number of nitrogens with one attached hydrogen (secondary N) is 2.